The van der Waals surface area contributed by atoms with E-state index >= 15 is 0 Å². The quantitative estimate of drug-likeness (QED) is 0.598. The van der Waals surface area contributed by atoms with Gasteiger partial charge in [0.05, 0.1) is 0 Å². The van der Waals surface area contributed by atoms with Gasteiger partial charge in [-0.25, -0.2) is 0 Å². The van der Waals surface area contributed by atoms with Gasteiger partial charge in [0.15, 0.2) is 0 Å². The fraction of sp³-hybridized carbons (Fsp3) is 1.00. The zero-order valence-corrected chi connectivity index (χ0v) is 9.55. The Hall–Kier alpha value is -0.120. The van der Waals surface area contributed by atoms with E-state index in [0.717, 1.165) is 25.9 Å². The highest BCUT2D eigenvalue weighted by atomic mass is 16.2. The molecule has 0 aromatic rings. The second-order valence-corrected chi connectivity index (χ2v) is 4.58. The Bertz CT molecular complexity index is 155. The van der Waals surface area contributed by atoms with Crippen LogP contribution in [0, 0.1) is 0 Å². The maximum atomic E-state index is 8.64. The lowest BCUT2D eigenvalue weighted by Gasteiger charge is -2.47. The smallest absolute Gasteiger partial charge is 0.0431 e. The molecular formula is C11H24N2O. The number of unbranched alkanes of at least 4 members (excludes halogenated alkanes) is 1. The number of nitrogens with zero attached hydrogens (tertiary/aromatic N) is 1. The largest absolute Gasteiger partial charge is 0.396 e. The number of nitrogens with one attached hydrogen (secondary N) is 1. The summed E-state index contributed by atoms with van der Waals surface area (Å²) in [6, 6.07) is 0. The normalized spacial score (nSPS) is 19.7. The highest BCUT2D eigenvalue weighted by Gasteiger charge is 2.38. The Kier molecular flexibility index (Phi) is 4.85. The lowest BCUT2D eigenvalue weighted by Crippen LogP contribution is -2.56. The molecule has 1 aliphatic carbocycles. The van der Waals surface area contributed by atoms with Crippen LogP contribution in [-0.2, 0) is 0 Å². The van der Waals surface area contributed by atoms with Crippen molar-refractivity contribution in [1.29, 1.82) is 0 Å². The second kappa shape index (κ2) is 5.69. The summed E-state index contributed by atoms with van der Waals surface area (Å²) >= 11 is 0. The van der Waals surface area contributed by atoms with Crippen molar-refractivity contribution in [3.8, 4) is 0 Å². The van der Waals surface area contributed by atoms with Crippen LogP contribution in [0.3, 0.4) is 0 Å². The molecule has 1 aliphatic rings. The van der Waals surface area contributed by atoms with E-state index in [1.807, 2.05) is 0 Å². The molecule has 0 saturated heterocycles. The molecule has 3 heteroatoms. The first-order valence-corrected chi connectivity index (χ1v) is 5.70. The molecule has 0 spiro atoms. The van der Waals surface area contributed by atoms with Crippen LogP contribution < -0.4 is 5.32 Å². The van der Waals surface area contributed by atoms with E-state index in [1.165, 1.54) is 19.3 Å². The van der Waals surface area contributed by atoms with Crippen LogP contribution >= 0.6 is 0 Å². The second-order valence-electron chi connectivity index (χ2n) is 4.58. The summed E-state index contributed by atoms with van der Waals surface area (Å²) < 4.78 is 0. The minimum absolute atomic E-state index is 0.320. The van der Waals surface area contributed by atoms with Gasteiger partial charge in [-0.1, -0.05) is 0 Å². The third kappa shape index (κ3) is 2.94. The van der Waals surface area contributed by atoms with Crippen LogP contribution in [0.2, 0.25) is 0 Å². The van der Waals surface area contributed by atoms with Gasteiger partial charge in [0, 0.05) is 18.7 Å². The summed E-state index contributed by atoms with van der Waals surface area (Å²) in [5, 5.41) is 12.1. The molecular weight excluding hydrogens is 176 g/mol. The Balaban J connectivity index is 2.09. The summed E-state index contributed by atoms with van der Waals surface area (Å²) in [6.45, 7) is 2.46. The molecule has 0 bridgehead atoms. The molecule has 0 radical (unpaired) electrons. The first-order chi connectivity index (χ1) is 6.71. The number of hydrogen-bond donors (Lipinski definition) is 2. The third-order valence-corrected chi connectivity index (χ3v) is 3.45. The van der Waals surface area contributed by atoms with Gasteiger partial charge >= 0.3 is 0 Å². The fourth-order valence-corrected chi connectivity index (χ4v) is 2.05. The summed E-state index contributed by atoms with van der Waals surface area (Å²) in [7, 11) is 4.35. The van der Waals surface area contributed by atoms with E-state index < -0.39 is 0 Å². The van der Waals surface area contributed by atoms with Gasteiger partial charge in [-0.2, -0.15) is 0 Å². The van der Waals surface area contributed by atoms with Crippen LogP contribution in [0.25, 0.3) is 0 Å². The Morgan fingerprint density at radius 1 is 1.29 bits per heavy atom. The van der Waals surface area contributed by atoms with E-state index in [0.29, 0.717) is 12.1 Å². The fourth-order valence-electron chi connectivity index (χ4n) is 2.05. The molecule has 1 fully saturated rings. The Labute approximate surface area is 87.5 Å². The van der Waals surface area contributed by atoms with Gasteiger partial charge in [0.25, 0.3) is 0 Å². The van der Waals surface area contributed by atoms with Crippen LogP contribution in [0.5, 0.6) is 0 Å². The van der Waals surface area contributed by atoms with Crippen LogP contribution in [0.15, 0.2) is 0 Å². The molecule has 84 valence electrons. The van der Waals surface area contributed by atoms with E-state index in [4.69, 9.17) is 5.11 Å². The topological polar surface area (TPSA) is 35.5 Å². The molecule has 14 heavy (non-hydrogen) atoms. The van der Waals surface area contributed by atoms with E-state index in [-0.39, 0.29) is 0 Å². The van der Waals surface area contributed by atoms with Gasteiger partial charge < -0.3 is 15.3 Å². The Morgan fingerprint density at radius 2 is 2.00 bits per heavy atom. The van der Waals surface area contributed by atoms with Gasteiger partial charge in [0.1, 0.15) is 0 Å². The predicted molar refractivity (Wildman–Crippen MR) is 59.5 cm³/mol. The van der Waals surface area contributed by atoms with Gasteiger partial charge in [0.2, 0.25) is 0 Å². The minimum Gasteiger partial charge on any atom is -0.396 e. The molecule has 0 unspecified atom stereocenters. The molecule has 0 atom stereocenters. The number of aliphatic hydroxyl groups is 1. The minimum atomic E-state index is 0.320. The highest BCUT2D eigenvalue weighted by molar-refractivity contribution is 4.97. The van der Waals surface area contributed by atoms with Gasteiger partial charge in [-0.05, 0) is 52.7 Å². The van der Waals surface area contributed by atoms with Gasteiger partial charge in [-0.3, -0.25) is 0 Å². The number of likely N-dealkylation sites (N-methyl/N-ethyl adjacent to an activating group) is 1. The van der Waals surface area contributed by atoms with Crippen LogP contribution in [0.1, 0.15) is 32.1 Å². The molecule has 0 aromatic heterocycles. The van der Waals surface area contributed by atoms with Crippen molar-refractivity contribution in [3.63, 3.8) is 0 Å². The van der Waals surface area contributed by atoms with Crippen LogP contribution in [-0.4, -0.2) is 49.3 Å². The van der Waals surface area contributed by atoms with Crippen molar-refractivity contribution in [3.05, 3.63) is 0 Å². The zero-order valence-electron chi connectivity index (χ0n) is 9.55. The molecule has 2 N–H and O–H groups in total. The molecule has 0 amide bonds. The van der Waals surface area contributed by atoms with Crippen molar-refractivity contribution in [2.75, 3.05) is 33.8 Å². The predicted octanol–water partition coefficient (Wildman–Crippen LogP) is 0.833. The monoisotopic (exact) mass is 200 g/mol. The van der Waals surface area contributed by atoms with Crippen molar-refractivity contribution < 1.29 is 5.11 Å². The van der Waals surface area contributed by atoms with Crippen molar-refractivity contribution in [2.45, 2.75) is 37.6 Å². The SMILES string of the molecule is CN(C)C1(CNCCCCO)CCC1. The molecule has 3 nitrogen and oxygen atoms in total. The summed E-state index contributed by atoms with van der Waals surface area (Å²) in [4.78, 5) is 2.36. The van der Waals surface area contributed by atoms with E-state index in [1.54, 1.807) is 0 Å². The molecule has 0 heterocycles. The lowest BCUT2D eigenvalue weighted by molar-refractivity contribution is 0.0601. The average Bonchev–Trinajstić information content (AvgIpc) is 2.07. The molecule has 0 aromatic carbocycles. The van der Waals surface area contributed by atoms with E-state index in [9.17, 15) is 0 Å². The Morgan fingerprint density at radius 3 is 2.43 bits per heavy atom. The number of hydrogen-bond acceptors (Lipinski definition) is 3. The average molecular weight is 200 g/mol. The standard InChI is InChI=1S/C11H24N2O/c1-13(2)11(6-5-7-11)10-12-8-3-4-9-14/h12,14H,3-10H2,1-2H3. The summed E-state index contributed by atoms with van der Waals surface area (Å²) in [5.74, 6) is 0. The molecule has 1 rings (SSSR count). The number of rotatable bonds is 7. The molecule has 0 aliphatic heterocycles. The van der Waals surface area contributed by atoms with Crippen molar-refractivity contribution >= 4 is 0 Å². The summed E-state index contributed by atoms with van der Waals surface area (Å²) in [6.07, 6.45) is 6.03. The van der Waals surface area contributed by atoms with Crippen molar-refractivity contribution in [1.82, 2.24) is 10.2 Å². The highest BCUT2D eigenvalue weighted by Crippen LogP contribution is 2.35. The molecule has 1 saturated carbocycles. The first-order valence-electron chi connectivity index (χ1n) is 5.70. The summed E-state index contributed by atoms with van der Waals surface area (Å²) in [5.41, 5.74) is 0.430. The van der Waals surface area contributed by atoms with Crippen molar-refractivity contribution in [2.24, 2.45) is 0 Å². The maximum absolute atomic E-state index is 8.64. The lowest BCUT2D eigenvalue weighted by atomic mass is 9.75. The maximum Gasteiger partial charge on any atom is 0.0431 e. The van der Waals surface area contributed by atoms with Crippen LogP contribution in [0.4, 0.5) is 0 Å². The van der Waals surface area contributed by atoms with Gasteiger partial charge in [-0.15, -0.1) is 0 Å². The van der Waals surface area contributed by atoms with E-state index in [2.05, 4.69) is 24.3 Å². The third-order valence-electron chi connectivity index (χ3n) is 3.45. The number of aliphatic hydroxyl groups excluding tert-OH is 1. The zero-order chi connectivity index (χ0) is 10.4. The first kappa shape index (κ1) is 12.0.